The average molecular weight is 308 g/mol. The SMILES string of the molecule is C[C@@H](O)[C@H](NC(=O)C1CCN(S(C)(=O)=O)CC1)C(=O)O. The molecule has 0 aromatic carbocycles. The van der Waals surface area contributed by atoms with E-state index in [1.54, 1.807) is 0 Å². The summed E-state index contributed by atoms with van der Waals surface area (Å²) in [5.74, 6) is -2.21. The molecule has 20 heavy (non-hydrogen) atoms. The number of aliphatic hydroxyl groups excluding tert-OH is 1. The fourth-order valence-corrected chi connectivity index (χ4v) is 2.98. The molecule has 9 heteroatoms. The smallest absolute Gasteiger partial charge is 0.328 e. The third-order valence-corrected chi connectivity index (χ3v) is 4.64. The lowest BCUT2D eigenvalue weighted by Gasteiger charge is -2.30. The Morgan fingerprint density at radius 2 is 1.80 bits per heavy atom. The highest BCUT2D eigenvalue weighted by molar-refractivity contribution is 7.88. The van der Waals surface area contributed by atoms with Crippen molar-refractivity contribution in [3.8, 4) is 0 Å². The Balaban J connectivity index is 2.57. The number of carbonyl (C=O) groups excluding carboxylic acids is 1. The van der Waals surface area contributed by atoms with Crippen LogP contribution in [0, 0.1) is 5.92 Å². The van der Waals surface area contributed by atoms with Crippen molar-refractivity contribution in [2.45, 2.75) is 31.9 Å². The largest absolute Gasteiger partial charge is 0.480 e. The molecule has 1 amide bonds. The number of hydrogen-bond donors (Lipinski definition) is 3. The van der Waals surface area contributed by atoms with Crippen LogP contribution in [0.25, 0.3) is 0 Å². The van der Waals surface area contributed by atoms with Gasteiger partial charge >= 0.3 is 5.97 Å². The number of rotatable bonds is 5. The predicted octanol–water partition coefficient (Wildman–Crippen LogP) is -1.39. The van der Waals surface area contributed by atoms with Crippen LogP contribution in [-0.2, 0) is 19.6 Å². The summed E-state index contributed by atoms with van der Waals surface area (Å²) in [6.07, 6.45) is 0.588. The van der Waals surface area contributed by atoms with Crippen LogP contribution in [0.1, 0.15) is 19.8 Å². The first-order chi connectivity index (χ1) is 9.12. The van der Waals surface area contributed by atoms with Gasteiger partial charge in [0.2, 0.25) is 15.9 Å². The number of nitrogens with one attached hydrogen (secondary N) is 1. The molecule has 0 unspecified atom stereocenters. The van der Waals surface area contributed by atoms with Gasteiger partial charge in [0, 0.05) is 19.0 Å². The van der Waals surface area contributed by atoms with Crippen molar-refractivity contribution in [2.75, 3.05) is 19.3 Å². The molecule has 0 spiro atoms. The number of sulfonamides is 1. The molecule has 1 heterocycles. The Hall–Kier alpha value is -1.19. The molecule has 1 fully saturated rings. The van der Waals surface area contributed by atoms with Crippen molar-refractivity contribution >= 4 is 21.9 Å². The monoisotopic (exact) mass is 308 g/mol. The van der Waals surface area contributed by atoms with Crippen LogP contribution in [0.15, 0.2) is 0 Å². The Bertz CT molecular complexity index is 467. The van der Waals surface area contributed by atoms with Crippen molar-refractivity contribution in [2.24, 2.45) is 5.92 Å². The first kappa shape index (κ1) is 16.9. The van der Waals surface area contributed by atoms with E-state index in [4.69, 9.17) is 5.11 Å². The highest BCUT2D eigenvalue weighted by Crippen LogP contribution is 2.19. The molecule has 0 bridgehead atoms. The molecule has 1 aliphatic rings. The summed E-state index contributed by atoms with van der Waals surface area (Å²) < 4.78 is 24.0. The highest BCUT2D eigenvalue weighted by Gasteiger charge is 2.32. The van der Waals surface area contributed by atoms with Crippen molar-refractivity contribution in [1.29, 1.82) is 0 Å². The molecule has 1 rings (SSSR count). The second kappa shape index (κ2) is 6.51. The number of carboxylic acid groups (broad SMARTS) is 1. The lowest BCUT2D eigenvalue weighted by atomic mass is 9.96. The maximum absolute atomic E-state index is 11.9. The van der Waals surface area contributed by atoms with E-state index in [2.05, 4.69) is 5.32 Å². The van der Waals surface area contributed by atoms with E-state index < -0.39 is 40.0 Å². The van der Waals surface area contributed by atoms with Crippen molar-refractivity contribution < 1.29 is 28.2 Å². The molecule has 1 saturated heterocycles. The van der Waals surface area contributed by atoms with E-state index in [1.165, 1.54) is 11.2 Å². The summed E-state index contributed by atoms with van der Waals surface area (Å²) in [6, 6.07) is -1.35. The number of nitrogens with zero attached hydrogens (tertiary/aromatic N) is 1. The third kappa shape index (κ3) is 4.43. The summed E-state index contributed by atoms with van der Waals surface area (Å²) >= 11 is 0. The zero-order valence-corrected chi connectivity index (χ0v) is 12.3. The van der Waals surface area contributed by atoms with Crippen LogP contribution in [0.2, 0.25) is 0 Å². The van der Waals surface area contributed by atoms with Crippen molar-refractivity contribution in [3.05, 3.63) is 0 Å². The Kier molecular flexibility index (Phi) is 5.49. The van der Waals surface area contributed by atoms with Gasteiger partial charge in [-0.2, -0.15) is 0 Å². The lowest BCUT2D eigenvalue weighted by molar-refractivity contribution is -0.145. The summed E-state index contributed by atoms with van der Waals surface area (Å²) in [7, 11) is -3.26. The molecule has 3 N–H and O–H groups in total. The number of carboxylic acids is 1. The van der Waals surface area contributed by atoms with Gasteiger partial charge in [-0.25, -0.2) is 17.5 Å². The first-order valence-corrected chi connectivity index (χ1v) is 8.14. The van der Waals surface area contributed by atoms with Crippen LogP contribution in [0.4, 0.5) is 0 Å². The molecule has 0 aromatic rings. The van der Waals surface area contributed by atoms with Gasteiger partial charge < -0.3 is 15.5 Å². The fourth-order valence-electron chi connectivity index (χ4n) is 2.11. The standard InChI is InChI=1S/C11H20N2O6S/c1-7(14)9(11(16)17)12-10(15)8-3-5-13(6-4-8)20(2,18)19/h7-9,14H,3-6H2,1-2H3,(H,12,15)(H,16,17)/t7-,9+/m1/s1. The van der Waals surface area contributed by atoms with Crippen LogP contribution < -0.4 is 5.32 Å². The number of amides is 1. The van der Waals surface area contributed by atoms with Gasteiger partial charge in [-0.15, -0.1) is 0 Å². The van der Waals surface area contributed by atoms with Gasteiger partial charge in [-0.1, -0.05) is 0 Å². The molecule has 1 aliphatic heterocycles. The van der Waals surface area contributed by atoms with Gasteiger partial charge in [-0.3, -0.25) is 4.79 Å². The van der Waals surface area contributed by atoms with Crippen molar-refractivity contribution in [1.82, 2.24) is 9.62 Å². The van der Waals surface area contributed by atoms with Crippen molar-refractivity contribution in [3.63, 3.8) is 0 Å². The third-order valence-electron chi connectivity index (χ3n) is 3.34. The number of carbonyl (C=O) groups is 2. The molecule has 0 saturated carbocycles. The summed E-state index contributed by atoms with van der Waals surface area (Å²) in [5.41, 5.74) is 0. The summed E-state index contributed by atoms with van der Waals surface area (Å²) in [6.45, 7) is 1.76. The minimum atomic E-state index is -3.26. The molecule has 2 atom stereocenters. The van der Waals surface area contributed by atoms with E-state index in [0.29, 0.717) is 12.8 Å². The minimum Gasteiger partial charge on any atom is -0.480 e. The molecule has 0 aromatic heterocycles. The fraction of sp³-hybridized carbons (Fsp3) is 0.818. The van der Waals surface area contributed by atoms with Crippen LogP contribution in [0.5, 0.6) is 0 Å². The van der Waals surface area contributed by atoms with Crippen LogP contribution >= 0.6 is 0 Å². The molecule has 0 aliphatic carbocycles. The van der Waals surface area contributed by atoms with E-state index in [9.17, 15) is 23.1 Å². The maximum Gasteiger partial charge on any atom is 0.328 e. The average Bonchev–Trinajstić information content (AvgIpc) is 2.34. The number of aliphatic carboxylic acids is 1. The van der Waals surface area contributed by atoms with Crippen LogP contribution in [-0.4, -0.2) is 66.3 Å². The second-order valence-corrected chi connectivity index (χ2v) is 6.98. The molecule has 0 radical (unpaired) electrons. The Morgan fingerprint density at radius 1 is 1.30 bits per heavy atom. The predicted molar refractivity (Wildman–Crippen MR) is 70.4 cm³/mol. The summed E-state index contributed by atoms with van der Waals surface area (Å²) in [4.78, 5) is 22.8. The van der Waals surface area contributed by atoms with E-state index >= 15 is 0 Å². The second-order valence-electron chi connectivity index (χ2n) is 5.00. The van der Waals surface area contributed by atoms with E-state index in [-0.39, 0.29) is 13.1 Å². The number of aliphatic hydroxyl groups is 1. The zero-order chi connectivity index (χ0) is 15.5. The van der Waals surface area contributed by atoms with E-state index in [0.717, 1.165) is 6.26 Å². The Morgan fingerprint density at radius 3 is 2.15 bits per heavy atom. The molecule has 116 valence electrons. The quantitative estimate of drug-likeness (QED) is 0.574. The molecular formula is C11H20N2O6S. The van der Waals surface area contributed by atoms with Gasteiger partial charge in [0.15, 0.2) is 6.04 Å². The topological polar surface area (TPSA) is 124 Å². The maximum atomic E-state index is 11.9. The molecular weight excluding hydrogens is 288 g/mol. The summed E-state index contributed by atoms with van der Waals surface area (Å²) in [5, 5.41) is 20.5. The number of piperidine rings is 1. The normalized spacial score (nSPS) is 21.1. The minimum absolute atomic E-state index is 0.239. The van der Waals surface area contributed by atoms with Crippen LogP contribution in [0.3, 0.4) is 0 Å². The van der Waals surface area contributed by atoms with Gasteiger partial charge in [0.1, 0.15) is 0 Å². The van der Waals surface area contributed by atoms with E-state index in [1.807, 2.05) is 0 Å². The van der Waals surface area contributed by atoms with Gasteiger partial charge in [0.25, 0.3) is 0 Å². The molecule has 8 nitrogen and oxygen atoms in total. The first-order valence-electron chi connectivity index (χ1n) is 6.29. The highest BCUT2D eigenvalue weighted by atomic mass is 32.2. The number of hydrogen-bond acceptors (Lipinski definition) is 5. The van der Waals surface area contributed by atoms with Gasteiger partial charge in [-0.05, 0) is 19.8 Å². The van der Waals surface area contributed by atoms with Gasteiger partial charge in [0.05, 0.1) is 12.4 Å². The Labute approximate surface area is 117 Å². The lowest BCUT2D eigenvalue weighted by Crippen LogP contribution is -2.51. The zero-order valence-electron chi connectivity index (χ0n) is 11.4.